The molecule has 1 aromatic rings. The van der Waals surface area contributed by atoms with E-state index in [2.05, 4.69) is 39.2 Å². The van der Waals surface area contributed by atoms with Crippen LogP contribution in [-0.2, 0) is 0 Å². The molecule has 2 bridgehead atoms. The van der Waals surface area contributed by atoms with E-state index in [4.69, 9.17) is 0 Å². The molecule has 1 heterocycles. The second kappa shape index (κ2) is 4.60. The Kier molecular flexibility index (Phi) is 3.12. The molecule has 0 saturated heterocycles. The SMILES string of the molecule is Cc1cc(Br)cnc1NCC1CC2CCC1C2. The molecule has 0 aliphatic heterocycles. The molecule has 2 fully saturated rings. The zero-order valence-corrected chi connectivity index (χ0v) is 11.8. The average Bonchev–Trinajstić information content (AvgIpc) is 2.89. The Balaban J connectivity index is 1.60. The second-order valence-electron chi connectivity index (χ2n) is 5.63. The number of hydrogen-bond acceptors (Lipinski definition) is 2. The van der Waals surface area contributed by atoms with Crippen molar-refractivity contribution in [3.63, 3.8) is 0 Å². The Morgan fingerprint density at radius 2 is 2.29 bits per heavy atom. The van der Waals surface area contributed by atoms with Crippen molar-refractivity contribution in [1.82, 2.24) is 4.98 Å². The summed E-state index contributed by atoms with van der Waals surface area (Å²) in [6.45, 7) is 3.22. The van der Waals surface area contributed by atoms with Crippen LogP contribution in [0.25, 0.3) is 0 Å². The molecule has 0 amide bonds. The Hall–Kier alpha value is -0.570. The minimum Gasteiger partial charge on any atom is -0.370 e. The van der Waals surface area contributed by atoms with Crippen molar-refractivity contribution in [2.75, 3.05) is 11.9 Å². The summed E-state index contributed by atoms with van der Waals surface area (Å²) in [4.78, 5) is 4.44. The zero-order valence-electron chi connectivity index (χ0n) is 10.2. The molecule has 0 spiro atoms. The van der Waals surface area contributed by atoms with Crippen LogP contribution in [0.4, 0.5) is 5.82 Å². The summed E-state index contributed by atoms with van der Waals surface area (Å²) >= 11 is 3.45. The van der Waals surface area contributed by atoms with Gasteiger partial charge in [0, 0.05) is 17.2 Å². The van der Waals surface area contributed by atoms with Gasteiger partial charge < -0.3 is 5.32 Å². The third kappa shape index (κ3) is 2.35. The van der Waals surface area contributed by atoms with Gasteiger partial charge in [-0.3, -0.25) is 0 Å². The molecule has 1 aromatic heterocycles. The van der Waals surface area contributed by atoms with Gasteiger partial charge in [-0.2, -0.15) is 0 Å². The first-order chi connectivity index (χ1) is 8.22. The van der Waals surface area contributed by atoms with Crippen LogP contribution in [-0.4, -0.2) is 11.5 Å². The van der Waals surface area contributed by atoms with E-state index in [9.17, 15) is 0 Å². The van der Waals surface area contributed by atoms with Gasteiger partial charge in [0.15, 0.2) is 0 Å². The molecule has 3 unspecified atom stereocenters. The van der Waals surface area contributed by atoms with Crippen molar-refractivity contribution in [3.8, 4) is 0 Å². The van der Waals surface area contributed by atoms with Crippen LogP contribution in [0, 0.1) is 24.7 Å². The van der Waals surface area contributed by atoms with Crippen molar-refractivity contribution in [2.24, 2.45) is 17.8 Å². The number of fused-ring (bicyclic) bond motifs is 2. The summed E-state index contributed by atoms with van der Waals surface area (Å²) in [7, 11) is 0. The van der Waals surface area contributed by atoms with Gasteiger partial charge in [0.2, 0.25) is 0 Å². The fraction of sp³-hybridized carbons (Fsp3) is 0.643. The lowest BCUT2D eigenvalue weighted by atomic mass is 9.89. The second-order valence-corrected chi connectivity index (χ2v) is 6.55. The summed E-state index contributed by atoms with van der Waals surface area (Å²) in [5.41, 5.74) is 1.22. The van der Waals surface area contributed by atoms with E-state index in [-0.39, 0.29) is 0 Å². The van der Waals surface area contributed by atoms with Crippen LogP contribution in [0.3, 0.4) is 0 Å². The maximum Gasteiger partial charge on any atom is 0.128 e. The Morgan fingerprint density at radius 1 is 1.41 bits per heavy atom. The van der Waals surface area contributed by atoms with Gasteiger partial charge in [0.25, 0.3) is 0 Å². The molecule has 1 N–H and O–H groups in total. The first kappa shape index (κ1) is 11.5. The fourth-order valence-corrected chi connectivity index (χ4v) is 4.03. The molecule has 92 valence electrons. The summed E-state index contributed by atoms with van der Waals surface area (Å²) in [5, 5.41) is 3.54. The van der Waals surface area contributed by atoms with Crippen LogP contribution in [0.5, 0.6) is 0 Å². The Morgan fingerprint density at radius 3 is 2.94 bits per heavy atom. The molecule has 3 atom stereocenters. The van der Waals surface area contributed by atoms with Crippen LogP contribution < -0.4 is 5.32 Å². The van der Waals surface area contributed by atoms with Gasteiger partial charge in [0.1, 0.15) is 5.82 Å². The number of pyridine rings is 1. The van der Waals surface area contributed by atoms with E-state index in [1.165, 1.54) is 31.2 Å². The van der Waals surface area contributed by atoms with Gasteiger partial charge >= 0.3 is 0 Å². The van der Waals surface area contributed by atoms with Crippen molar-refractivity contribution in [1.29, 1.82) is 0 Å². The van der Waals surface area contributed by atoms with Crippen molar-refractivity contribution >= 4 is 21.7 Å². The highest BCUT2D eigenvalue weighted by Crippen LogP contribution is 2.48. The Bertz CT molecular complexity index is 419. The lowest BCUT2D eigenvalue weighted by Gasteiger charge is -2.22. The first-order valence-electron chi connectivity index (χ1n) is 6.58. The largest absolute Gasteiger partial charge is 0.370 e. The first-order valence-corrected chi connectivity index (χ1v) is 7.37. The van der Waals surface area contributed by atoms with Crippen LogP contribution in [0.1, 0.15) is 31.2 Å². The molecule has 3 rings (SSSR count). The number of nitrogens with zero attached hydrogens (tertiary/aromatic N) is 1. The van der Waals surface area contributed by atoms with Crippen molar-refractivity contribution < 1.29 is 0 Å². The minimum atomic E-state index is 0.888. The highest BCUT2D eigenvalue weighted by molar-refractivity contribution is 9.10. The molecular weight excluding hydrogens is 276 g/mol. The monoisotopic (exact) mass is 294 g/mol. The third-order valence-electron chi connectivity index (χ3n) is 4.46. The average molecular weight is 295 g/mol. The highest BCUT2D eigenvalue weighted by atomic mass is 79.9. The quantitative estimate of drug-likeness (QED) is 0.911. The normalized spacial score (nSPS) is 30.8. The summed E-state index contributed by atoms with van der Waals surface area (Å²) in [5.74, 6) is 3.96. The van der Waals surface area contributed by atoms with Crippen molar-refractivity contribution in [3.05, 3.63) is 22.3 Å². The maximum atomic E-state index is 4.44. The molecule has 2 saturated carbocycles. The lowest BCUT2D eigenvalue weighted by Crippen LogP contribution is -2.20. The molecule has 3 heteroatoms. The number of anilines is 1. The van der Waals surface area contributed by atoms with Gasteiger partial charge in [-0.15, -0.1) is 0 Å². The minimum absolute atomic E-state index is 0.888. The van der Waals surface area contributed by atoms with E-state index in [0.29, 0.717) is 0 Å². The van der Waals surface area contributed by atoms with E-state index in [1.54, 1.807) is 0 Å². The predicted molar refractivity (Wildman–Crippen MR) is 74.1 cm³/mol. The number of aromatic nitrogens is 1. The number of halogens is 1. The Labute approximate surface area is 111 Å². The van der Waals surface area contributed by atoms with Crippen molar-refractivity contribution in [2.45, 2.75) is 32.6 Å². The number of hydrogen-bond donors (Lipinski definition) is 1. The number of nitrogens with one attached hydrogen (secondary N) is 1. The van der Waals surface area contributed by atoms with Gasteiger partial charge in [-0.1, -0.05) is 6.42 Å². The smallest absolute Gasteiger partial charge is 0.128 e. The summed E-state index contributed by atoms with van der Waals surface area (Å²) < 4.78 is 1.06. The number of rotatable bonds is 3. The zero-order chi connectivity index (χ0) is 11.8. The maximum absolute atomic E-state index is 4.44. The predicted octanol–water partition coefficient (Wildman–Crippen LogP) is 4.00. The lowest BCUT2D eigenvalue weighted by molar-refractivity contribution is 0.348. The van der Waals surface area contributed by atoms with Gasteiger partial charge in [0.05, 0.1) is 0 Å². The standard InChI is InChI=1S/C14H19BrN2/c1-9-4-13(15)8-17-14(9)16-7-12-6-10-2-3-11(12)5-10/h4,8,10-12H,2-3,5-7H2,1H3,(H,16,17). The molecular formula is C14H19BrN2. The topological polar surface area (TPSA) is 24.9 Å². The molecule has 2 aliphatic carbocycles. The highest BCUT2D eigenvalue weighted by Gasteiger charge is 2.39. The van der Waals surface area contributed by atoms with E-state index in [1.807, 2.05) is 6.20 Å². The van der Waals surface area contributed by atoms with E-state index >= 15 is 0 Å². The van der Waals surface area contributed by atoms with E-state index < -0.39 is 0 Å². The van der Waals surface area contributed by atoms with Crippen LogP contribution >= 0.6 is 15.9 Å². The summed E-state index contributed by atoms with van der Waals surface area (Å²) in [6.07, 6.45) is 7.74. The molecule has 2 nitrogen and oxygen atoms in total. The van der Waals surface area contributed by atoms with Crippen LogP contribution in [0.15, 0.2) is 16.7 Å². The van der Waals surface area contributed by atoms with Crippen LogP contribution in [0.2, 0.25) is 0 Å². The molecule has 0 radical (unpaired) electrons. The molecule has 0 aromatic carbocycles. The van der Waals surface area contributed by atoms with Gasteiger partial charge in [-0.25, -0.2) is 4.98 Å². The van der Waals surface area contributed by atoms with E-state index in [0.717, 1.165) is 34.6 Å². The number of aryl methyl sites for hydroxylation is 1. The van der Waals surface area contributed by atoms with Gasteiger partial charge in [-0.05, 0) is 71.5 Å². The fourth-order valence-electron chi connectivity index (χ4n) is 3.58. The molecule has 2 aliphatic rings. The molecule has 17 heavy (non-hydrogen) atoms. The third-order valence-corrected chi connectivity index (χ3v) is 4.89. The summed E-state index contributed by atoms with van der Waals surface area (Å²) in [6, 6.07) is 2.12.